The molecule has 4 aromatic carbocycles. The zero-order valence-corrected chi connectivity index (χ0v) is 29.5. The van der Waals surface area contributed by atoms with E-state index in [0.29, 0.717) is 11.5 Å². The van der Waals surface area contributed by atoms with Gasteiger partial charge >= 0.3 is 20.4 Å². The maximum Gasteiger partial charge on any atom is 2.00 e. The van der Waals surface area contributed by atoms with E-state index in [1.54, 1.807) is 0 Å². The molecule has 0 aliphatic heterocycles. The molecule has 6 heteroatoms. The maximum absolute atomic E-state index is 6.50. The molecule has 0 N–H and O–H groups in total. The Morgan fingerprint density at radius 1 is 0.702 bits per heavy atom. The molecule has 3 heterocycles. The zero-order chi connectivity index (χ0) is 32.1. The van der Waals surface area contributed by atoms with Crippen LogP contribution in [0.3, 0.4) is 0 Å². The molecule has 47 heavy (non-hydrogen) atoms. The van der Waals surface area contributed by atoms with Gasteiger partial charge in [0.25, 0.3) is 0 Å². The van der Waals surface area contributed by atoms with Crippen LogP contribution in [0.5, 0.6) is 11.5 Å². The molecule has 3 aromatic heterocycles. The second-order valence-electron chi connectivity index (χ2n) is 12.3. The zero-order valence-electron chi connectivity index (χ0n) is 27.9. The number of nitrogens with zero attached hydrogens (tertiary/aromatic N) is 4. The van der Waals surface area contributed by atoms with Crippen LogP contribution in [0.1, 0.15) is 53.1 Å². The molecule has 0 radical (unpaired) electrons. The van der Waals surface area contributed by atoms with Gasteiger partial charge in [-0.05, 0) is 92.1 Å². The predicted octanol–water partition coefficient (Wildman–Crippen LogP) is 10.1. The number of fused-ring (bicyclic) bond motifs is 3. The summed E-state index contributed by atoms with van der Waals surface area (Å²) in [5, 5.41) is 7.30. The number of rotatable bonds is 7. The summed E-state index contributed by atoms with van der Waals surface area (Å²) in [6, 6.07) is 32.4. The monoisotopic (exact) mass is 708 g/mol. The van der Waals surface area contributed by atoms with Crippen molar-refractivity contribution in [3.05, 3.63) is 130 Å². The topological polar surface area (TPSA) is 44.9 Å². The molecule has 0 saturated heterocycles. The minimum atomic E-state index is 0. The van der Waals surface area contributed by atoms with Crippen molar-refractivity contribution in [1.82, 2.24) is 19.3 Å². The summed E-state index contributed by atoms with van der Waals surface area (Å²) in [5.41, 5.74) is 13.7. The summed E-state index contributed by atoms with van der Waals surface area (Å²) in [5.74, 6) is 2.09. The Bertz CT molecular complexity index is 2250. The fourth-order valence-corrected chi connectivity index (χ4v) is 6.82. The summed E-state index contributed by atoms with van der Waals surface area (Å²) in [7, 11) is 0. The Labute approximate surface area is 290 Å². The van der Waals surface area contributed by atoms with Crippen LogP contribution in [0.2, 0.25) is 0 Å². The first-order chi connectivity index (χ1) is 22.2. The van der Waals surface area contributed by atoms with Gasteiger partial charge in [0.1, 0.15) is 5.82 Å². The number of pyridine rings is 1. The number of aryl methyl sites for hydroxylation is 6. The number of benzene rings is 4. The van der Waals surface area contributed by atoms with E-state index in [4.69, 9.17) is 14.8 Å². The van der Waals surface area contributed by atoms with Gasteiger partial charge < -0.3 is 9.30 Å². The standard InChI is InChI=1S/C41H38N4O.Pd/c1-8-30-18-26(4)19-31(9-2)41(30)40-28(6)43-45(29(40)7)32-20-27(5)21-34(23-32)46-33-14-15-36-35-12-10-11-13-37(35)44(38(36)24-33)39-22-25(3)16-17-42-39;/h10-22H,8-9H2,1-7H3;/q-2;+2. The van der Waals surface area contributed by atoms with Gasteiger partial charge in [-0.1, -0.05) is 62.2 Å². The van der Waals surface area contributed by atoms with Gasteiger partial charge in [0.2, 0.25) is 0 Å². The minimum Gasteiger partial charge on any atom is -0.509 e. The molecule has 7 rings (SSSR count). The van der Waals surface area contributed by atoms with Crippen molar-refractivity contribution < 1.29 is 25.2 Å². The molecule has 0 spiro atoms. The van der Waals surface area contributed by atoms with E-state index in [2.05, 4.69) is 120 Å². The second-order valence-corrected chi connectivity index (χ2v) is 12.3. The van der Waals surface area contributed by atoms with Crippen LogP contribution in [-0.4, -0.2) is 19.3 Å². The van der Waals surface area contributed by atoms with Crippen LogP contribution >= 0.6 is 0 Å². The largest absolute Gasteiger partial charge is 2.00 e. The smallest absolute Gasteiger partial charge is 0.509 e. The first-order valence-corrected chi connectivity index (χ1v) is 16.0. The summed E-state index contributed by atoms with van der Waals surface area (Å²) in [6.07, 6.45) is 3.80. The summed E-state index contributed by atoms with van der Waals surface area (Å²) in [4.78, 5) is 4.70. The van der Waals surface area contributed by atoms with Gasteiger partial charge in [0.05, 0.1) is 5.69 Å². The maximum atomic E-state index is 6.50. The predicted molar refractivity (Wildman–Crippen MR) is 188 cm³/mol. The summed E-state index contributed by atoms with van der Waals surface area (Å²) in [6.45, 7) is 15.1. The second kappa shape index (κ2) is 13.0. The van der Waals surface area contributed by atoms with Crippen molar-refractivity contribution in [2.75, 3.05) is 0 Å². The Balaban J connectivity index is 0.00000386. The Hall–Kier alpha value is -4.50. The van der Waals surface area contributed by atoms with Crippen LogP contribution < -0.4 is 4.74 Å². The van der Waals surface area contributed by atoms with Crippen molar-refractivity contribution >= 4 is 21.8 Å². The molecule has 0 amide bonds. The number of para-hydroxylation sites is 1. The normalized spacial score (nSPS) is 11.3. The fraction of sp³-hybridized carbons (Fsp3) is 0.220. The van der Waals surface area contributed by atoms with Crippen molar-refractivity contribution in [3.8, 4) is 34.1 Å². The van der Waals surface area contributed by atoms with Crippen molar-refractivity contribution in [2.24, 2.45) is 0 Å². The molecule has 0 aliphatic rings. The fourth-order valence-electron chi connectivity index (χ4n) is 6.82. The number of hydrogen-bond donors (Lipinski definition) is 0. The number of aromatic nitrogens is 4. The molecule has 238 valence electrons. The van der Waals surface area contributed by atoms with E-state index in [1.807, 2.05) is 29.1 Å². The quantitative estimate of drug-likeness (QED) is 0.122. The Morgan fingerprint density at radius 2 is 1.43 bits per heavy atom. The van der Waals surface area contributed by atoms with Crippen LogP contribution in [0, 0.1) is 46.8 Å². The molecule has 0 unspecified atom stereocenters. The minimum absolute atomic E-state index is 0. The Morgan fingerprint density at radius 3 is 2.15 bits per heavy atom. The first kappa shape index (κ1) is 32.4. The SMILES string of the molecule is CCc1cc(C)cc(CC)c1-c1c(C)nn(-c2[c-]c(Oc3[c-]c4c(cc3)c3ccccc3n4-c3cc(C)ccn3)cc(C)c2)c1C.[Pd+2]. The molecule has 7 aromatic rings. The van der Waals surface area contributed by atoms with Crippen LogP contribution in [0.4, 0.5) is 0 Å². The average molecular weight is 709 g/mol. The van der Waals surface area contributed by atoms with Crippen molar-refractivity contribution in [2.45, 2.75) is 61.3 Å². The molecule has 0 atom stereocenters. The third-order valence-electron chi connectivity index (χ3n) is 8.86. The van der Waals surface area contributed by atoms with Crippen LogP contribution in [0.15, 0.2) is 79.0 Å². The Kier molecular flexibility index (Phi) is 8.94. The van der Waals surface area contributed by atoms with E-state index in [-0.39, 0.29) is 20.4 Å². The molecule has 0 saturated carbocycles. The van der Waals surface area contributed by atoms with E-state index < -0.39 is 0 Å². The van der Waals surface area contributed by atoms with Gasteiger partial charge in [-0.2, -0.15) is 16.7 Å². The molecule has 0 aliphatic carbocycles. The van der Waals surface area contributed by atoms with Crippen LogP contribution in [0.25, 0.3) is 44.4 Å². The molecule has 5 nitrogen and oxygen atoms in total. The van der Waals surface area contributed by atoms with Gasteiger partial charge in [-0.25, -0.2) is 4.98 Å². The third kappa shape index (κ3) is 5.82. The van der Waals surface area contributed by atoms with E-state index in [9.17, 15) is 0 Å². The van der Waals surface area contributed by atoms with Gasteiger partial charge in [0.15, 0.2) is 0 Å². The van der Waals surface area contributed by atoms with Crippen LogP contribution in [-0.2, 0) is 33.3 Å². The molecular formula is C41H38N4OPd. The van der Waals surface area contributed by atoms with Gasteiger partial charge in [-0.15, -0.1) is 35.7 Å². The first-order valence-electron chi connectivity index (χ1n) is 16.0. The number of hydrogen-bond acceptors (Lipinski definition) is 3. The number of ether oxygens (including phenoxy) is 1. The van der Waals surface area contributed by atoms with E-state index in [0.717, 1.165) is 68.7 Å². The molecule has 0 fully saturated rings. The molecule has 0 bridgehead atoms. The third-order valence-corrected chi connectivity index (χ3v) is 8.86. The van der Waals surface area contributed by atoms with Gasteiger partial charge in [-0.3, -0.25) is 4.68 Å². The average Bonchev–Trinajstić information content (AvgIpc) is 3.52. The summed E-state index contributed by atoms with van der Waals surface area (Å²) < 4.78 is 10.7. The summed E-state index contributed by atoms with van der Waals surface area (Å²) >= 11 is 0. The van der Waals surface area contributed by atoms with Gasteiger partial charge in [0, 0.05) is 34.5 Å². The van der Waals surface area contributed by atoms with E-state index >= 15 is 0 Å². The van der Waals surface area contributed by atoms with E-state index in [1.165, 1.54) is 27.8 Å². The van der Waals surface area contributed by atoms with Crippen molar-refractivity contribution in [3.63, 3.8) is 0 Å². The van der Waals surface area contributed by atoms with Crippen molar-refractivity contribution in [1.29, 1.82) is 0 Å². The molecular weight excluding hydrogens is 671 g/mol.